The van der Waals surface area contributed by atoms with Crippen LogP contribution in [0.1, 0.15) is 52.4 Å². The quantitative estimate of drug-likeness (QED) is 0.820. The molecule has 0 bridgehead atoms. The SMILES string of the molecule is CC(CC1CCC1)N1CCC(C(=O)O)CC1C. The molecule has 98 valence electrons. The van der Waals surface area contributed by atoms with E-state index in [0.29, 0.717) is 12.1 Å². The van der Waals surface area contributed by atoms with Gasteiger partial charge >= 0.3 is 5.97 Å². The molecule has 1 heterocycles. The van der Waals surface area contributed by atoms with Crippen molar-refractivity contribution in [1.29, 1.82) is 0 Å². The van der Waals surface area contributed by atoms with E-state index in [0.717, 1.165) is 25.3 Å². The van der Waals surface area contributed by atoms with Gasteiger partial charge in [-0.2, -0.15) is 0 Å². The second kappa shape index (κ2) is 5.38. The fourth-order valence-electron chi connectivity index (χ4n) is 3.42. The summed E-state index contributed by atoms with van der Waals surface area (Å²) in [6.07, 6.45) is 7.18. The van der Waals surface area contributed by atoms with E-state index in [1.54, 1.807) is 0 Å². The summed E-state index contributed by atoms with van der Waals surface area (Å²) < 4.78 is 0. The zero-order valence-electron chi connectivity index (χ0n) is 11.1. The smallest absolute Gasteiger partial charge is 0.306 e. The van der Waals surface area contributed by atoms with Crippen LogP contribution in [0.25, 0.3) is 0 Å². The summed E-state index contributed by atoms with van der Waals surface area (Å²) in [6.45, 7) is 5.47. The molecule has 3 heteroatoms. The molecule has 0 radical (unpaired) electrons. The Hall–Kier alpha value is -0.570. The van der Waals surface area contributed by atoms with Gasteiger partial charge in [0.2, 0.25) is 0 Å². The third-order valence-corrected chi connectivity index (χ3v) is 4.74. The topological polar surface area (TPSA) is 40.5 Å². The van der Waals surface area contributed by atoms with Crippen LogP contribution >= 0.6 is 0 Å². The predicted molar refractivity (Wildman–Crippen MR) is 67.9 cm³/mol. The number of carboxylic acid groups (broad SMARTS) is 1. The minimum absolute atomic E-state index is 0.114. The fourth-order valence-corrected chi connectivity index (χ4v) is 3.42. The molecule has 0 aromatic heterocycles. The van der Waals surface area contributed by atoms with Crippen molar-refractivity contribution in [3.63, 3.8) is 0 Å². The van der Waals surface area contributed by atoms with Gasteiger partial charge in [0.05, 0.1) is 5.92 Å². The Morgan fingerprint density at radius 3 is 2.59 bits per heavy atom. The lowest BCUT2D eigenvalue weighted by Crippen LogP contribution is -2.48. The first-order valence-electron chi connectivity index (χ1n) is 7.06. The number of carboxylic acids is 1. The van der Waals surface area contributed by atoms with E-state index >= 15 is 0 Å². The van der Waals surface area contributed by atoms with E-state index in [1.165, 1.54) is 25.7 Å². The second-order valence-electron chi connectivity index (χ2n) is 6.03. The summed E-state index contributed by atoms with van der Waals surface area (Å²) in [5.41, 5.74) is 0. The van der Waals surface area contributed by atoms with Crippen molar-refractivity contribution >= 4 is 5.97 Å². The maximum Gasteiger partial charge on any atom is 0.306 e. The Kier molecular flexibility index (Phi) is 4.08. The molecule has 2 fully saturated rings. The van der Waals surface area contributed by atoms with E-state index in [1.807, 2.05) is 0 Å². The molecule has 2 rings (SSSR count). The summed E-state index contributed by atoms with van der Waals surface area (Å²) in [4.78, 5) is 13.5. The fraction of sp³-hybridized carbons (Fsp3) is 0.929. The first kappa shape index (κ1) is 12.9. The molecule has 1 aliphatic carbocycles. The molecule has 1 saturated carbocycles. The molecule has 3 nitrogen and oxygen atoms in total. The largest absolute Gasteiger partial charge is 0.481 e. The molecule has 0 aromatic rings. The summed E-state index contributed by atoms with van der Waals surface area (Å²) in [5, 5.41) is 9.05. The van der Waals surface area contributed by atoms with Gasteiger partial charge in [-0.15, -0.1) is 0 Å². The molecule has 1 saturated heterocycles. The van der Waals surface area contributed by atoms with Crippen LogP contribution in [0, 0.1) is 11.8 Å². The van der Waals surface area contributed by atoms with E-state index in [2.05, 4.69) is 18.7 Å². The van der Waals surface area contributed by atoms with Crippen LogP contribution in [-0.4, -0.2) is 34.6 Å². The molecule has 2 aliphatic rings. The average Bonchev–Trinajstić information content (AvgIpc) is 2.22. The summed E-state index contributed by atoms with van der Waals surface area (Å²) >= 11 is 0. The molecule has 0 amide bonds. The van der Waals surface area contributed by atoms with Crippen molar-refractivity contribution < 1.29 is 9.90 Å². The first-order valence-corrected chi connectivity index (χ1v) is 7.06. The third-order valence-electron chi connectivity index (χ3n) is 4.74. The molecular weight excluding hydrogens is 214 g/mol. The van der Waals surface area contributed by atoms with Gasteiger partial charge in [-0.25, -0.2) is 0 Å². The number of rotatable bonds is 4. The van der Waals surface area contributed by atoms with Crippen molar-refractivity contribution in [2.24, 2.45) is 11.8 Å². The van der Waals surface area contributed by atoms with Crippen LogP contribution in [0.5, 0.6) is 0 Å². The third kappa shape index (κ3) is 3.01. The van der Waals surface area contributed by atoms with Gasteiger partial charge in [0.1, 0.15) is 0 Å². The Bertz CT molecular complexity index is 275. The number of aliphatic carboxylic acids is 1. The zero-order chi connectivity index (χ0) is 12.4. The molecule has 17 heavy (non-hydrogen) atoms. The Balaban J connectivity index is 1.82. The number of likely N-dealkylation sites (tertiary alicyclic amines) is 1. The Morgan fingerprint density at radius 1 is 1.41 bits per heavy atom. The second-order valence-corrected chi connectivity index (χ2v) is 6.03. The Morgan fingerprint density at radius 2 is 2.12 bits per heavy atom. The molecule has 1 aliphatic heterocycles. The van der Waals surface area contributed by atoms with Crippen molar-refractivity contribution in [3.05, 3.63) is 0 Å². The van der Waals surface area contributed by atoms with E-state index in [9.17, 15) is 4.79 Å². The minimum Gasteiger partial charge on any atom is -0.481 e. The van der Waals surface area contributed by atoms with Crippen molar-refractivity contribution in [2.45, 2.75) is 64.5 Å². The van der Waals surface area contributed by atoms with Crippen LogP contribution in [0.2, 0.25) is 0 Å². The molecule has 0 spiro atoms. The van der Waals surface area contributed by atoms with Crippen LogP contribution in [0.4, 0.5) is 0 Å². The van der Waals surface area contributed by atoms with Crippen molar-refractivity contribution in [2.75, 3.05) is 6.54 Å². The lowest BCUT2D eigenvalue weighted by Gasteiger charge is -2.42. The molecular formula is C14H25NO2. The standard InChI is InChI=1S/C14H25NO2/c1-10(8-12-4-3-5-12)15-7-6-13(14(16)17)9-11(15)2/h10-13H,3-9H2,1-2H3,(H,16,17). The molecule has 3 unspecified atom stereocenters. The zero-order valence-corrected chi connectivity index (χ0v) is 11.1. The number of hydrogen-bond acceptors (Lipinski definition) is 2. The number of nitrogens with zero attached hydrogens (tertiary/aromatic N) is 1. The van der Waals surface area contributed by atoms with Gasteiger partial charge in [-0.05, 0) is 45.6 Å². The lowest BCUT2D eigenvalue weighted by molar-refractivity contribution is -0.144. The van der Waals surface area contributed by atoms with Crippen molar-refractivity contribution in [1.82, 2.24) is 4.90 Å². The first-order chi connectivity index (χ1) is 8.08. The van der Waals surface area contributed by atoms with E-state index < -0.39 is 5.97 Å². The highest BCUT2D eigenvalue weighted by molar-refractivity contribution is 5.70. The summed E-state index contributed by atoms with van der Waals surface area (Å²) in [7, 11) is 0. The van der Waals surface area contributed by atoms with Crippen LogP contribution < -0.4 is 0 Å². The molecule has 1 N–H and O–H groups in total. The van der Waals surface area contributed by atoms with Gasteiger partial charge in [0, 0.05) is 12.1 Å². The normalized spacial score (nSPS) is 33.1. The van der Waals surface area contributed by atoms with Gasteiger partial charge in [0.25, 0.3) is 0 Å². The van der Waals surface area contributed by atoms with Crippen LogP contribution in [0.15, 0.2) is 0 Å². The van der Waals surface area contributed by atoms with Crippen LogP contribution in [0.3, 0.4) is 0 Å². The molecule has 3 atom stereocenters. The monoisotopic (exact) mass is 239 g/mol. The predicted octanol–water partition coefficient (Wildman–Crippen LogP) is 2.75. The van der Waals surface area contributed by atoms with Gasteiger partial charge in [-0.3, -0.25) is 9.69 Å². The summed E-state index contributed by atoms with van der Waals surface area (Å²) in [5.74, 6) is 0.217. The minimum atomic E-state index is -0.608. The van der Waals surface area contributed by atoms with E-state index in [-0.39, 0.29) is 5.92 Å². The Labute approximate surface area is 104 Å². The van der Waals surface area contributed by atoms with Gasteiger partial charge in [-0.1, -0.05) is 19.3 Å². The lowest BCUT2D eigenvalue weighted by atomic mass is 9.80. The van der Waals surface area contributed by atoms with Gasteiger partial charge in [0.15, 0.2) is 0 Å². The average molecular weight is 239 g/mol. The molecule has 0 aromatic carbocycles. The summed E-state index contributed by atoms with van der Waals surface area (Å²) in [6, 6.07) is 1.06. The van der Waals surface area contributed by atoms with Crippen LogP contribution in [-0.2, 0) is 4.79 Å². The number of carbonyl (C=O) groups is 1. The maximum atomic E-state index is 11.0. The van der Waals surface area contributed by atoms with Gasteiger partial charge < -0.3 is 5.11 Å². The maximum absolute atomic E-state index is 11.0. The number of piperidine rings is 1. The highest BCUT2D eigenvalue weighted by Gasteiger charge is 2.33. The van der Waals surface area contributed by atoms with Crippen molar-refractivity contribution in [3.8, 4) is 0 Å². The van der Waals surface area contributed by atoms with E-state index in [4.69, 9.17) is 5.11 Å². The highest BCUT2D eigenvalue weighted by atomic mass is 16.4. The number of hydrogen-bond donors (Lipinski definition) is 1. The highest BCUT2D eigenvalue weighted by Crippen LogP contribution is 2.33.